The van der Waals surface area contributed by atoms with Gasteiger partial charge in [0.25, 0.3) is 0 Å². The average Bonchev–Trinajstić information content (AvgIpc) is 2.80. The van der Waals surface area contributed by atoms with Crippen molar-refractivity contribution in [2.45, 2.75) is 25.3 Å². The van der Waals surface area contributed by atoms with Gasteiger partial charge in [-0.25, -0.2) is 0 Å². The quantitative estimate of drug-likeness (QED) is 0.911. The maximum absolute atomic E-state index is 6.18. The summed E-state index contributed by atoms with van der Waals surface area (Å²) in [4.78, 5) is 0. The Morgan fingerprint density at radius 1 is 1.33 bits per heavy atom. The molecule has 2 atom stereocenters. The third-order valence-corrected chi connectivity index (χ3v) is 4.30. The summed E-state index contributed by atoms with van der Waals surface area (Å²) in [7, 11) is 0. The fourth-order valence-corrected chi connectivity index (χ4v) is 3.36. The second kappa shape index (κ2) is 5.19. The van der Waals surface area contributed by atoms with Crippen LogP contribution in [0, 0.1) is 5.92 Å². The molecule has 3 nitrogen and oxygen atoms in total. The zero-order valence-electron chi connectivity index (χ0n) is 10.3. The van der Waals surface area contributed by atoms with E-state index in [-0.39, 0.29) is 6.04 Å². The van der Waals surface area contributed by atoms with Gasteiger partial charge in [-0.2, -0.15) is 0 Å². The first-order valence-corrected chi connectivity index (χ1v) is 7.31. The van der Waals surface area contributed by atoms with E-state index in [0.29, 0.717) is 5.92 Å². The first-order valence-electron chi connectivity index (χ1n) is 6.51. The first-order chi connectivity index (χ1) is 8.74. The molecule has 2 N–H and O–H groups in total. The Morgan fingerprint density at radius 2 is 2.22 bits per heavy atom. The molecule has 1 saturated heterocycles. The van der Waals surface area contributed by atoms with Crippen LogP contribution in [-0.2, 0) is 17.6 Å². The molecular weight excluding hydrogens is 294 g/mol. The van der Waals surface area contributed by atoms with Gasteiger partial charge in [-0.05, 0) is 36.1 Å². The van der Waals surface area contributed by atoms with Crippen molar-refractivity contribution in [3.63, 3.8) is 0 Å². The van der Waals surface area contributed by atoms with Gasteiger partial charge >= 0.3 is 0 Å². The second-order valence-electron chi connectivity index (χ2n) is 5.14. The van der Waals surface area contributed by atoms with Crippen molar-refractivity contribution in [1.82, 2.24) is 0 Å². The molecule has 1 fully saturated rings. The van der Waals surface area contributed by atoms with Crippen LogP contribution in [0.1, 0.15) is 17.5 Å². The molecule has 2 heterocycles. The summed E-state index contributed by atoms with van der Waals surface area (Å²) in [6.45, 7) is 2.36. The van der Waals surface area contributed by atoms with E-state index in [9.17, 15) is 0 Å². The van der Waals surface area contributed by atoms with Crippen LogP contribution in [0.3, 0.4) is 0 Å². The van der Waals surface area contributed by atoms with E-state index in [0.717, 1.165) is 49.3 Å². The van der Waals surface area contributed by atoms with Crippen LogP contribution in [0.2, 0.25) is 0 Å². The van der Waals surface area contributed by atoms with Gasteiger partial charge in [0.2, 0.25) is 0 Å². The van der Waals surface area contributed by atoms with Crippen molar-refractivity contribution in [2.24, 2.45) is 11.7 Å². The zero-order chi connectivity index (χ0) is 12.5. The minimum atomic E-state index is 0.245. The number of hydrogen-bond donors (Lipinski definition) is 1. The third kappa shape index (κ3) is 2.42. The van der Waals surface area contributed by atoms with Crippen LogP contribution in [0.5, 0.6) is 5.75 Å². The molecule has 0 aliphatic carbocycles. The second-order valence-corrected chi connectivity index (χ2v) is 6.06. The lowest BCUT2D eigenvalue weighted by molar-refractivity contribution is 0.0420. The van der Waals surface area contributed by atoms with Gasteiger partial charge in [-0.1, -0.05) is 15.9 Å². The smallest absolute Gasteiger partial charge is 0.125 e. The molecule has 2 aliphatic heterocycles. The van der Waals surface area contributed by atoms with Crippen LogP contribution < -0.4 is 10.5 Å². The summed E-state index contributed by atoms with van der Waals surface area (Å²) in [6.07, 6.45) is 2.92. The van der Waals surface area contributed by atoms with E-state index < -0.39 is 0 Å². The molecule has 2 aliphatic rings. The van der Waals surface area contributed by atoms with E-state index in [4.69, 9.17) is 15.2 Å². The number of hydrogen-bond acceptors (Lipinski definition) is 3. The fraction of sp³-hybridized carbons (Fsp3) is 0.571. The van der Waals surface area contributed by atoms with Gasteiger partial charge in [-0.15, -0.1) is 0 Å². The number of benzene rings is 1. The van der Waals surface area contributed by atoms with Gasteiger partial charge in [0.15, 0.2) is 0 Å². The van der Waals surface area contributed by atoms with Crippen LogP contribution in [0.25, 0.3) is 0 Å². The Labute approximate surface area is 116 Å². The Morgan fingerprint density at radius 3 is 3.06 bits per heavy atom. The van der Waals surface area contributed by atoms with Crippen LogP contribution in [0.15, 0.2) is 16.6 Å². The highest BCUT2D eigenvalue weighted by molar-refractivity contribution is 9.10. The molecule has 4 heteroatoms. The van der Waals surface area contributed by atoms with E-state index in [1.165, 1.54) is 11.1 Å². The summed E-state index contributed by atoms with van der Waals surface area (Å²) in [5.41, 5.74) is 8.75. The maximum atomic E-state index is 6.18. The Balaban J connectivity index is 1.84. The predicted octanol–water partition coefficient (Wildman–Crippen LogP) is 2.29. The lowest BCUT2D eigenvalue weighted by Gasteiger charge is -2.29. The highest BCUT2D eigenvalue weighted by atomic mass is 79.9. The Bertz CT molecular complexity index is 450. The van der Waals surface area contributed by atoms with Gasteiger partial charge in [-0.3, -0.25) is 0 Å². The summed E-state index contributed by atoms with van der Waals surface area (Å²) in [5.74, 6) is 1.48. The van der Waals surface area contributed by atoms with Crippen molar-refractivity contribution in [3.8, 4) is 5.75 Å². The molecule has 18 heavy (non-hydrogen) atoms. The lowest BCUT2D eigenvalue weighted by Crippen LogP contribution is -2.39. The third-order valence-electron chi connectivity index (χ3n) is 3.84. The highest BCUT2D eigenvalue weighted by Gasteiger charge is 2.26. The van der Waals surface area contributed by atoms with Gasteiger partial charge in [0.05, 0.1) is 13.2 Å². The van der Waals surface area contributed by atoms with Crippen LogP contribution in [0.4, 0.5) is 0 Å². The summed E-state index contributed by atoms with van der Waals surface area (Å²) in [6, 6.07) is 4.56. The van der Waals surface area contributed by atoms with Crippen molar-refractivity contribution >= 4 is 15.9 Å². The SMILES string of the molecule is NC1CCOCC1Cc1cc(Br)cc2c1OCC2. The van der Waals surface area contributed by atoms with Crippen molar-refractivity contribution in [2.75, 3.05) is 19.8 Å². The molecule has 0 saturated carbocycles. The molecular formula is C14H18BrNO2. The lowest BCUT2D eigenvalue weighted by atomic mass is 9.89. The molecule has 1 aromatic carbocycles. The van der Waals surface area contributed by atoms with E-state index in [2.05, 4.69) is 28.1 Å². The molecule has 0 aromatic heterocycles. The number of fused-ring (bicyclic) bond motifs is 1. The van der Waals surface area contributed by atoms with Crippen molar-refractivity contribution in [3.05, 3.63) is 27.7 Å². The normalized spacial score (nSPS) is 26.8. The summed E-state index contributed by atoms with van der Waals surface area (Å²) in [5, 5.41) is 0. The molecule has 1 aromatic rings. The Kier molecular flexibility index (Phi) is 3.59. The molecule has 0 spiro atoms. The predicted molar refractivity (Wildman–Crippen MR) is 73.9 cm³/mol. The molecule has 2 unspecified atom stereocenters. The number of ether oxygens (including phenoxy) is 2. The minimum absolute atomic E-state index is 0.245. The van der Waals surface area contributed by atoms with Crippen LogP contribution in [-0.4, -0.2) is 25.9 Å². The number of halogens is 1. The fourth-order valence-electron chi connectivity index (χ4n) is 2.80. The molecule has 3 rings (SSSR count). The van der Waals surface area contributed by atoms with Crippen molar-refractivity contribution in [1.29, 1.82) is 0 Å². The monoisotopic (exact) mass is 311 g/mol. The standard InChI is InChI=1S/C14H18BrNO2/c15-12-6-9-1-4-18-14(9)10(7-12)5-11-8-17-3-2-13(11)16/h6-7,11,13H,1-5,8,16H2. The van der Waals surface area contributed by atoms with E-state index in [1.807, 2.05) is 0 Å². The van der Waals surface area contributed by atoms with Gasteiger partial charge in [0.1, 0.15) is 5.75 Å². The molecule has 0 amide bonds. The Hall–Kier alpha value is -0.580. The largest absolute Gasteiger partial charge is 0.493 e. The van der Waals surface area contributed by atoms with Gasteiger partial charge in [0, 0.05) is 29.5 Å². The molecule has 0 radical (unpaired) electrons. The topological polar surface area (TPSA) is 44.5 Å². The maximum Gasteiger partial charge on any atom is 0.125 e. The summed E-state index contributed by atoms with van der Waals surface area (Å²) >= 11 is 3.58. The highest BCUT2D eigenvalue weighted by Crippen LogP contribution is 2.35. The van der Waals surface area contributed by atoms with Crippen molar-refractivity contribution < 1.29 is 9.47 Å². The minimum Gasteiger partial charge on any atom is -0.493 e. The van der Waals surface area contributed by atoms with Gasteiger partial charge < -0.3 is 15.2 Å². The summed E-state index contributed by atoms with van der Waals surface area (Å²) < 4.78 is 12.4. The number of nitrogens with two attached hydrogens (primary N) is 1. The van der Waals surface area contributed by atoms with E-state index in [1.54, 1.807) is 0 Å². The molecule has 98 valence electrons. The zero-order valence-corrected chi connectivity index (χ0v) is 11.9. The van der Waals surface area contributed by atoms with E-state index >= 15 is 0 Å². The molecule has 0 bridgehead atoms. The number of rotatable bonds is 2. The van der Waals surface area contributed by atoms with Crippen LogP contribution >= 0.6 is 15.9 Å². The first kappa shape index (κ1) is 12.5. The average molecular weight is 312 g/mol.